The lowest BCUT2D eigenvalue weighted by Gasteiger charge is -2.08. The lowest BCUT2D eigenvalue weighted by molar-refractivity contribution is 0.147. The van der Waals surface area contributed by atoms with Gasteiger partial charge in [0.25, 0.3) is 0 Å². The molecular formula is C9H16ClN5O. The lowest BCUT2D eigenvalue weighted by atomic mass is 10.4. The summed E-state index contributed by atoms with van der Waals surface area (Å²) in [6.07, 6.45) is 2.38. The number of nitrogen functional groups attached to an aromatic ring is 1. The molecule has 0 bridgehead atoms. The van der Waals surface area contributed by atoms with Gasteiger partial charge in [0.15, 0.2) is 5.82 Å². The van der Waals surface area contributed by atoms with Crippen molar-refractivity contribution in [2.24, 2.45) is 5.84 Å². The molecule has 0 spiro atoms. The van der Waals surface area contributed by atoms with Crippen LogP contribution in [0.1, 0.15) is 13.3 Å². The summed E-state index contributed by atoms with van der Waals surface area (Å²) in [5, 5.41) is 3.56. The van der Waals surface area contributed by atoms with Crippen LogP contribution in [-0.2, 0) is 4.74 Å². The number of rotatable bonds is 7. The van der Waals surface area contributed by atoms with E-state index in [4.69, 9.17) is 22.2 Å². The van der Waals surface area contributed by atoms with Crippen LogP contribution in [-0.4, -0.2) is 29.7 Å². The zero-order chi connectivity index (χ0) is 11.8. The molecule has 1 heterocycles. The van der Waals surface area contributed by atoms with Crippen LogP contribution in [0.5, 0.6) is 0 Å². The number of ether oxygens (including phenoxy) is 1. The minimum atomic E-state index is 0.330. The number of nitrogens with one attached hydrogen (secondary N) is 2. The number of aromatic nitrogens is 2. The van der Waals surface area contributed by atoms with Crippen LogP contribution >= 0.6 is 11.6 Å². The van der Waals surface area contributed by atoms with Crippen LogP contribution in [0.15, 0.2) is 6.20 Å². The first-order chi connectivity index (χ1) is 7.77. The zero-order valence-electron chi connectivity index (χ0n) is 9.16. The van der Waals surface area contributed by atoms with Crippen LogP contribution in [0, 0.1) is 0 Å². The third-order valence-electron chi connectivity index (χ3n) is 1.84. The second-order valence-corrected chi connectivity index (χ2v) is 3.42. The normalized spacial score (nSPS) is 10.2. The van der Waals surface area contributed by atoms with Gasteiger partial charge in [-0.2, -0.15) is 4.98 Å². The molecule has 0 unspecified atom stereocenters. The van der Waals surface area contributed by atoms with E-state index in [9.17, 15) is 0 Å². The van der Waals surface area contributed by atoms with Crippen molar-refractivity contribution in [3.05, 3.63) is 11.2 Å². The fourth-order valence-electron chi connectivity index (χ4n) is 1.09. The molecule has 0 aliphatic carbocycles. The van der Waals surface area contributed by atoms with Crippen LogP contribution in [0.2, 0.25) is 5.02 Å². The van der Waals surface area contributed by atoms with Crippen molar-refractivity contribution in [3.8, 4) is 0 Å². The highest BCUT2D eigenvalue weighted by molar-refractivity contribution is 6.32. The Balaban J connectivity index is 2.40. The molecule has 0 aliphatic rings. The average molecular weight is 246 g/mol. The Bertz CT molecular complexity index is 323. The molecule has 0 saturated carbocycles. The standard InChI is InChI=1S/C9H16ClN5O/c1-2-16-5-3-4-12-8-7(10)6-13-9(14-8)15-11/h6H,2-5,11H2,1H3,(H2,12,13,14,15). The molecule has 0 saturated heterocycles. The molecule has 7 heteroatoms. The molecule has 0 aliphatic heterocycles. The van der Waals surface area contributed by atoms with E-state index in [1.54, 1.807) is 0 Å². The summed E-state index contributed by atoms with van der Waals surface area (Å²) in [5.74, 6) is 6.10. The first kappa shape index (κ1) is 13.0. The van der Waals surface area contributed by atoms with Crippen molar-refractivity contribution in [2.75, 3.05) is 30.5 Å². The molecule has 1 aromatic rings. The van der Waals surface area contributed by atoms with Gasteiger partial charge in [-0.25, -0.2) is 10.8 Å². The number of nitrogens with two attached hydrogens (primary N) is 1. The quantitative estimate of drug-likeness (QED) is 0.381. The van der Waals surface area contributed by atoms with E-state index >= 15 is 0 Å². The molecule has 90 valence electrons. The maximum Gasteiger partial charge on any atom is 0.239 e. The van der Waals surface area contributed by atoms with Gasteiger partial charge in [0.05, 0.1) is 6.20 Å². The Labute approximate surface area is 99.5 Å². The van der Waals surface area contributed by atoms with E-state index in [2.05, 4.69) is 20.7 Å². The Morgan fingerprint density at radius 1 is 1.56 bits per heavy atom. The van der Waals surface area contributed by atoms with Crippen molar-refractivity contribution in [1.29, 1.82) is 0 Å². The summed E-state index contributed by atoms with van der Waals surface area (Å²) in [6.45, 7) is 4.15. The number of halogens is 1. The fourth-order valence-corrected chi connectivity index (χ4v) is 1.24. The number of hydrogen-bond acceptors (Lipinski definition) is 6. The van der Waals surface area contributed by atoms with E-state index in [0.717, 1.165) is 19.6 Å². The van der Waals surface area contributed by atoms with Crippen molar-refractivity contribution < 1.29 is 4.74 Å². The highest BCUT2D eigenvalue weighted by Crippen LogP contribution is 2.18. The van der Waals surface area contributed by atoms with Crippen molar-refractivity contribution in [2.45, 2.75) is 13.3 Å². The van der Waals surface area contributed by atoms with Crippen LogP contribution in [0.25, 0.3) is 0 Å². The molecule has 1 aromatic heterocycles. The second kappa shape index (κ2) is 7.21. The summed E-state index contributed by atoms with van der Waals surface area (Å²) in [7, 11) is 0. The summed E-state index contributed by atoms with van der Waals surface area (Å²) in [5.41, 5.74) is 2.36. The fraction of sp³-hybridized carbons (Fsp3) is 0.556. The predicted octanol–water partition coefficient (Wildman–Crippen LogP) is 1.25. The Morgan fingerprint density at radius 2 is 2.38 bits per heavy atom. The Morgan fingerprint density at radius 3 is 3.06 bits per heavy atom. The molecule has 16 heavy (non-hydrogen) atoms. The minimum Gasteiger partial charge on any atom is -0.382 e. The van der Waals surface area contributed by atoms with Crippen LogP contribution in [0.4, 0.5) is 11.8 Å². The van der Waals surface area contributed by atoms with Gasteiger partial charge in [-0.1, -0.05) is 11.6 Å². The summed E-state index contributed by atoms with van der Waals surface area (Å²) in [4.78, 5) is 7.95. The number of nitrogens with zero attached hydrogens (tertiary/aromatic N) is 2. The van der Waals surface area contributed by atoms with Gasteiger partial charge >= 0.3 is 0 Å². The first-order valence-corrected chi connectivity index (χ1v) is 5.46. The highest BCUT2D eigenvalue weighted by Gasteiger charge is 2.03. The van der Waals surface area contributed by atoms with E-state index < -0.39 is 0 Å². The molecule has 0 atom stereocenters. The maximum atomic E-state index is 5.91. The molecule has 4 N–H and O–H groups in total. The van der Waals surface area contributed by atoms with Gasteiger partial charge < -0.3 is 10.1 Å². The molecule has 1 rings (SSSR count). The average Bonchev–Trinajstić information content (AvgIpc) is 2.31. The summed E-state index contributed by atoms with van der Waals surface area (Å²) < 4.78 is 5.21. The SMILES string of the molecule is CCOCCCNc1nc(NN)ncc1Cl. The van der Waals surface area contributed by atoms with Crippen LogP contribution in [0.3, 0.4) is 0 Å². The van der Waals surface area contributed by atoms with Gasteiger partial charge in [-0.05, 0) is 13.3 Å². The first-order valence-electron chi connectivity index (χ1n) is 5.08. The molecule has 0 radical (unpaired) electrons. The minimum absolute atomic E-state index is 0.330. The largest absolute Gasteiger partial charge is 0.382 e. The lowest BCUT2D eigenvalue weighted by Crippen LogP contribution is -2.13. The van der Waals surface area contributed by atoms with Gasteiger partial charge in [0.2, 0.25) is 5.95 Å². The second-order valence-electron chi connectivity index (χ2n) is 3.01. The van der Waals surface area contributed by atoms with Crippen molar-refractivity contribution in [3.63, 3.8) is 0 Å². The molecule has 0 aromatic carbocycles. The highest BCUT2D eigenvalue weighted by atomic mass is 35.5. The van der Waals surface area contributed by atoms with E-state index in [1.807, 2.05) is 6.92 Å². The monoisotopic (exact) mass is 245 g/mol. The molecule has 6 nitrogen and oxygen atoms in total. The summed E-state index contributed by atoms with van der Waals surface area (Å²) in [6, 6.07) is 0. The third-order valence-corrected chi connectivity index (χ3v) is 2.11. The topological polar surface area (TPSA) is 85.1 Å². The van der Waals surface area contributed by atoms with Crippen molar-refractivity contribution >= 4 is 23.4 Å². The zero-order valence-corrected chi connectivity index (χ0v) is 9.92. The number of hydrazine groups is 1. The van der Waals surface area contributed by atoms with Gasteiger partial charge in [0.1, 0.15) is 5.02 Å². The maximum absolute atomic E-state index is 5.91. The molecular weight excluding hydrogens is 230 g/mol. The van der Waals surface area contributed by atoms with Crippen molar-refractivity contribution in [1.82, 2.24) is 9.97 Å². The Hall–Kier alpha value is -1.11. The third kappa shape index (κ3) is 4.18. The molecule has 0 fully saturated rings. The number of hydrogen-bond donors (Lipinski definition) is 3. The van der Waals surface area contributed by atoms with E-state index in [0.29, 0.717) is 23.4 Å². The van der Waals surface area contributed by atoms with Gasteiger partial charge in [-0.15, -0.1) is 0 Å². The molecule has 0 amide bonds. The predicted molar refractivity (Wildman–Crippen MR) is 64.5 cm³/mol. The van der Waals surface area contributed by atoms with E-state index in [-0.39, 0.29) is 0 Å². The Kier molecular flexibility index (Phi) is 5.84. The van der Waals surface area contributed by atoms with Gasteiger partial charge in [-0.3, -0.25) is 5.43 Å². The van der Waals surface area contributed by atoms with E-state index in [1.165, 1.54) is 6.20 Å². The van der Waals surface area contributed by atoms with Crippen LogP contribution < -0.4 is 16.6 Å². The van der Waals surface area contributed by atoms with Gasteiger partial charge in [0, 0.05) is 19.8 Å². The smallest absolute Gasteiger partial charge is 0.239 e. The summed E-state index contributed by atoms with van der Waals surface area (Å²) >= 11 is 5.91. The number of anilines is 2.